The fourth-order valence-electron chi connectivity index (χ4n) is 1.54. The molecule has 0 radical (unpaired) electrons. The van der Waals surface area contributed by atoms with Gasteiger partial charge < -0.3 is 10.4 Å². The highest BCUT2D eigenvalue weighted by molar-refractivity contribution is 7.16. The maximum Gasteiger partial charge on any atom is 0.239 e. The van der Waals surface area contributed by atoms with Crippen molar-refractivity contribution in [3.05, 3.63) is 16.0 Å². The number of thiophene rings is 1. The Hall–Kier alpha value is -1.42. The molecule has 1 aromatic rings. The predicted molar refractivity (Wildman–Crippen MR) is 76.3 cm³/mol. The van der Waals surface area contributed by atoms with Gasteiger partial charge in [0.25, 0.3) is 0 Å². The Bertz CT molecular complexity index is 505. The quantitative estimate of drug-likeness (QED) is 0.857. The SMILES string of the molecule is Cc1sc(NC(=O)CN(C)C(C)CO)c(C#N)c1C. The Morgan fingerprint density at radius 2 is 2.21 bits per heavy atom. The molecule has 2 N–H and O–H groups in total. The largest absolute Gasteiger partial charge is 0.395 e. The summed E-state index contributed by atoms with van der Waals surface area (Å²) in [5.41, 5.74) is 1.45. The topological polar surface area (TPSA) is 76.4 Å². The highest BCUT2D eigenvalue weighted by Gasteiger charge is 2.17. The summed E-state index contributed by atoms with van der Waals surface area (Å²) in [6.07, 6.45) is 0. The van der Waals surface area contributed by atoms with Crippen LogP contribution in [0.3, 0.4) is 0 Å². The fourth-order valence-corrected chi connectivity index (χ4v) is 2.56. The molecule has 0 saturated heterocycles. The summed E-state index contributed by atoms with van der Waals surface area (Å²) in [7, 11) is 1.77. The van der Waals surface area contributed by atoms with Crippen LogP contribution < -0.4 is 5.32 Å². The highest BCUT2D eigenvalue weighted by atomic mass is 32.1. The number of hydrogen-bond acceptors (Lipinski definition) is 5. The molecule has 1 unspecified atom stereocenters. The van der Waals surface area contributed by atoms with Gasteiger partial charge >= 0.3 is 0 Å². The van der Waals surface area contributed by atoms with E-state index < -0.39 is 0 Å². The van der Waals surface area contributed by atoms with E-state index >= 15 is 0 Å². The summed E-state index contributed by atoms with van der Waals surface area (Å²) in [5.74, 6) is -0.180. The minimum absolute atomic E-state index is 0.00441. The zero-order valence-corrected chi connectivity index (χ0v) is 12.5. The predicted octanol–water partition coefficient (Wildman–Crippen LogP) is 1.49. The number of aryl methyl sites for hydroxylation is 1. The molecule has 0 spiro atoms. The molecule has 0 bridgehead atoms. The number of aliphatic hydroxyl groups excluding tert-OH is 1. The van der Waals surface area contributed by atoms with E-state index in [0.29, 0.717) is 10.6 Å². The van der Waals surface area contributed by atoms with Crippen LogP contribution in [0.2, 0.25) is 0 Å². The van der Waals surface area contributed by atoms with Crippen LogP contribution in [-0.4, -0.2) is 42.2 Å². The third-order valence-electron chi connectivity index (χ3n) is 3.16. The number of likely N-dealkylation sites (N-methyl/N-ethyl adjacent to an activating group) is 1. The number of anilines is 1. The first kappa shape index (κ1) is 15.6. The van der Waals surface area contributed by atoms with Gasteiger partial charge in [-0.15, -0.1) is 11.3 Å². The van der Waals surface area contributed by atoms with Crippen molar-refractivity contribution in [2.75, 3.05) is 25.5 Å². The Balaban J connectivity index is 2.73. The van der Waals surface area contributed by atoms with Gasteiger partial charge in [0.2, 0.25) is 5.91 Å². The van der Waals surface area contributed by atoms with Gasteiger partial charge in [0.1, 0.15) is 11.1 Å². The van der Waals surface area contributed by atoms with E-state index in [1.807, 2.05) is 20.8 Å². The second-order valence-corrected chi connectivity index (χ2v) is 5.82. The van der Waals surface area contributed by atoms with E-state index in [1.165, 1.54) is 11.3 Å². The summed E-state index contributed by atoms with van der Waals surface area (Å²) in [5, 5.41) is 21.5. The van der Waals surface area contributed by atoms with Gasteiger partial charge in [-0.3, -0.25) is 9.69 Å². The molecule has 0 aliphatic heterocycles. The normalized spacial score (nSPS) is 12.3. The van der Waals surface area contributed by atoms with Gasteiger partial charge in [0.05, 0.1) is 18.7 Å². The molecule has 104 valence electrons. The Morgan fingerprint density at radius 1 is 1.58 bits per heavy atom. The van der Waals surface area contributed by atoms with Crippen molar-refractivity contribution in [3.63, 3.8) is 0 Å². The number of rotatable bonds is 5. The van der Waals surface area contributed by atoms with Crippen LogP contribution in [0.5, 0.6) is 0 Å². The van der Waals surface area contributed by atoms with E-state index in [9.17, 15) is 4.79 Å². The summed E-state index contributed by atoms with van der Waals surface area (Å²) >= 11 is 1.41. The van der Waals surface area contributed by atoms with E-state index in [2.05, 4.69) is 11.4 Å². The first-order chi connectivity index (χ1) is 8.90. The molecule has 1 atom stereocenters. The van der Waals surface area contributed by atoms with E-state index in [-0.39, 0.29) is 25.1 Å². The summed E-state index contributed by atoms with van der Waals surface area (Å²) < 4.78 is 0. The second-order valence-electron chi connectivity index (χ2n) is 4.59. The lowest BCUT2D eigenvalue weighted by atomic mass is 10.2. The van der Waals surface area contributed by atoms with E-state index in [4.69, 9.17) is 10.4 Å². The number of nitriles is 1. The van der Waals surface area contributed by atoms with Crippen molar-refractivity contribution >= 4 is 22.2 Å². The average Bonchev–Trinajstić information content (AvgIpc) is 2.62. The van der Waals surface area contributed by atoms with Gasteiger partial charge in [0.15, 0.2) is 0 Å². The van der Waals surface area contributed by atoms with Gasteiger partial charge in [-0.25, -0.2) is 0 Å². The third kappa shape index (κ3) is 3.77. The minimum atomic E-state index is -0.180. The number of nitrogens with zero attached hydrogens (tertiary/aromatic N) is 2. The number of carbonyl (C=O) groups excluding carboxylic acids is 1. The van der Waals surface area contributed by atoms with Crippen LogP contribution in [0.25, 0.3) is 0 Å². The van der Waals surface area contributed by atoms with Crippen LogP contribution in [0, 0.1) is 25.2 Å². The van der Waals surface area contributed by atoms with Crippen molar-refractivity contribution in [2.45, 2.75) is 26.8 Å². The Morgan fingerprint density at radius 3 is 2.74 bits per heavy atom. The molecule has 6 heteroatoms. The lowest BCUT2D eigenvalue weighted by Gasteiger charge is -2.21. The smallest absolute Gasteiger partial charge is 0.239 e. The Labute approximate surface area is 117 Å². The molecule has 1 aromatic heterocycles. The van der Waals surface area contributed by atoms with E-state index in [1.54, 1.807) is 11.9 Å². The standard InChI is InChI=1S/C13H19N3O2S/c1-8(7-17)16(4)6-12(18)15-13-11(5-14)9(2)10(3)19-13/h8,17H,6-7H2,1-4H3,(H,15,18). The molecule has 1 rings (SSSR count). The van der Waals surface area contributed by atoms with Gasteiger partial charge in [-0.2, -0.15) is 5.26 Å². The molecule has 19 heavy (non-hydrogen) atoms. The van der Waals surface area contributed by atoms with Crippen molar-refractivity contribution in [1.82, 2.24) is 4.90 Å². The number of hydrogen-bond donors (Lipinski definition) is 2. The molecular weight excluding hydrogens is 262 g/mol. The fraction of sp³-hybridized carbons (Fsp3) is 0.538. The van der Waals surface area contributed by atoms with Gasteiger partial charge in [0, 0.05) is 10.9 Å². The zero-order valence-electron chi connectivity index (χ0n) is 11.6. The van der Waals surface area contributed by atoms with E-state index in [0.717, 1.165) is 10.4 Å². The molecule has 1 heterocycles. The third-order valence-corrected chi connectivity index (χ3v) is 4.28. The first-order valence-electron chi connectivity index (χ1n) is 6.01. The van der Waals surface area contributed by atoms with Crippen LogP contribution in [0.15, 0.2) is 0 Å². The van der Waals surface area contributed by atoms with Crippen LogP contribution in [-0.2, 0) is 4.79 Å². The molecule has 0 fully saturated rings. The molecular formula is C13H19N3O2S. The zero-order chi connectivity index (χ0) is 14.6. The van der Waals surface area contributed by atoms with Gasteiger partial charge in [-0.05, 0) is 33.4 Å². The molecule has 0 aromatic carbocycles. The van der Waals surface area contributed by atoms with Crippen LogP contribution >= 0.6 is 11.3 Å². The Kier molecular flexibility index (Phi) is 5.48. The van der Waals surface area contributed by atoms with Crippen LogP contribution in [0.4, 0.5) is 5.00 Å². The maximum absolute atomic E-state index is 11.9. The second kappa shape index (κ2) is 6.66. The van der Waals surface area contributed by atoms with Crippen LogP contribution in [0.1, 0.15) is 22.9 Å². The highest BCUT2D eigenvalue weighted by Crippen LogP contribution is 2.31. The lowest BCUT2D eigenvalue weighted by molar-refractivity contribution is -0.117. The number of aliphatic hydroxyl groups is 1. The summed E-state index contributed by atoms with van der Waals surface area (Å²) in [4.78, 5) is 14.7. The maximum atomic E-state index is 11.9. The van der Waals surface area contributed by atoms with Crippen molar-refractivity contribution < 1.29 is 9.90 Å². The number of carbonyl (C=O) groups is 1. The molecule has 1 amide bonds. The first-order valence-corrected chi connectivity index (χ1v) is 6.83. The van der Waals surface area contributed by atoms with Gasteiger partial charge in [-0.1, -0.05) is 0 Å². The molecule has 0 aliphatic rings. The monoisotopic (exact) mass is 281 g/mol. The number of amides is 1. The van der Waals surface area contributed by atoms with Crippen molar-refractivity contribution in [1.29, 1.82) is 5.26 Å². The minimum Gasteiger partial charge on any atom is -0.395 e. The molecule has 0 aliphatic carbocycles. The molecule has 0 saturated carbocycles. The molecule has 5 nitrogen and oxygen atoms in total. The lowest BCUT2D eigenvalue weighted by Crippen LogP contribution is -2.38. The van der Waals surface area contributed by atoms with Crippen molar-refractivity contribution in [2.24, 2.45) is 0 Å². The van der Waals surface area contributed by atoms with Crippen molar-refractivity contribution in [3.8, 4) is 6.07 Å². The summed E-state index contributed by atoms with van der Waals surface area (Å²) in [6, 6.07) is 2.04. The summed E-state index contributed by atoms with van der Waals surface area (Å²) in [6.45, 7) is 5.83. The average molecular weight is 281 g/mol. The number of nitrogens with one attached hydrogen (secondary N) is 1.